The number of nitrogens with zero attached hydrogens (tertiary/aromatic N) is 4. The number of H-pyrrole nitrogens is 1. The molecule has 4 aromatic rings. The molecule has 0 fully saturated rings. The standard InChI is InChI=1S/C23H23FN6OS/c1-23(2,3)18-13-19(30(29-18)15-9-5-4-6-10-15)25-20(31)14-32-22-26-21(27-28-22)16-11-7-8-12-17(16)24/h4-13H,14H2,1-3H3,(H,25,31)(H,26,27,28). The summed E-state index contributed by atoms with van der Waals surface area (Å²) < 4.78 is 15.7. The van der Waals surface area contributed by atoms with Gasteiger partial charge in [0.1, 0.15) is 11.6 Å². The molecule has 0 saturated carbocycles. The van der Waals surface area contributed by atoms with Gasteiger partial charge in [0, 0.05) is 11.5 Å². The fraction of sp³-hybridized carbons (Fsp3) is 0.217. The first-order chi connectivity index (χ1) is 15.3. The molecule has 32 heavy (non-hydrogen) atoms. The van der Waals surface area contributed by atoms with Crippen LogP contribution in [0, 0.1) is 5.82 Å². The van der Waals surface area contributed by atoms with E-state index in [2.05, 4.69) is 41.3 Å². The average Bonchev–Trinajstić information content (AvgIpc) is 3.40. The number of benzene rings is 2. The Morgan fingerprint density at radius 3 is 2.56 bits per heavy atom. The molecule has 0 radical (unpaired) electrons. The van der Waals surface area contributed by atoms with Gasteiger partial charge >= 0.3 is 0 Å². The van der Waals surface area contributed by atoms with Gasteiger partial charge in [-0.15, -0.1) is 5.10 Å². The van der Waals surface area contributed by atoms with E-state index in [-0.39, 0.29) is 22.9 Å². The molecule has 2 N–H and O–H groups in total. The van der Waals surface area contributed by atoms with Crippen LogP contribution in [0.4, 0.5) is 10.2 Å². The van der Waals surface area contributed by atoms with Crippen LogP contribution in [0.15, 0.2) is 65.8 Å². The number of rotatable bonds is 6. The Balaban J connectivity index is 1.47. The number of carbonyl (C=O) groups excluding carboxylic acids is 1. The molecule has 164 valence electrons. The number of anilines is 1. The van der Waals surface area contributed by atoms with Gasteiger partial charge in [0.2, 0.25) is 11.1 Å². The monoisotopic (exact) mass is 450 g/mol. The maximum atomic E-state index is 13.9. The van der Waals surface area contributed by atoms with Gasteiger partial charge < -0.3 is 5.32 Å². The highest BCUT2D eigenvalue weighted by Gasteiger charge is 2.21. The Hall–Kier alpha value is -3.46. The summed E-state index contributed by atoms with van der Waals surface area (Å²) in [5, 5.41) is 14.8. The number of carbonyl (C=O) groups is 1. The van der Waals surface area contributed by atoms with Crippen LogP contribution >= 0.6 is 11.8 Å². The van der Waals surface area contributed by atoms with Crippen LogP contribution < -0.4 is 5.32 Å². The number of aromatic amines is 1. The van der Waals surface area contributed by atoms with Crippen molar-refractivity contribution < 1.29 is 9.18 Å². The van der Waals surface area contributed by atoms with Gasteiger partial charge in [-0.05, 0) is 24.3 Å². The lowest BCUT2D eigenvalue weighted by Crippen LogP contribution is -2.17. The van der Waals surface area contributed by atoms with E-state index in [1.165, 1.54) is 17.8 Å². The third-order valence-electron chi connectivity index (χ3n) is 4.67. The van der Waals surface area contributed by atoms with Crippen LogP contribution in [-0.2, 0) is 10.2 Å². The number of amides is 1. The largest absolute Gasteiger partial charge is 0.310 e. The molecule has 2 aromatic heterocycles. The maximum absolute atomic E-state index is 13.9. The highest BCUT2D eigenvalue weighted by molar-refractivity contribution is 7.99. The van der Waals surface area contributed by atoms with Crippen molar-refractivity contribution in [1.29, 1.82) is 0 Å². The van der Waals surface area contributed by atoms with Gasteiger partial charge in [0.05, 0.1) is 22.7 Å². The number of nitrogens with one attached hydrogen (secondary N) is 2. The van der Waals surface area contributed by atoms with E-state index in [1.807, 2.05) is 36.4 Å². The van der Waals surface area contributed by atoms with Gasteiger partial charge in [0.15, 0.2) is 5.82 Å². The smallest absolute Gasteiger partial charge is 0.236 e. The van der Waals surface area contributed by atoms with Crippen LogP contribution in [-0.4, -0.2) is 36.6 Å². The molecule has 0 aliphatic heterocycles. The lowest BCUT2D eigenvalue weighted by atomic mass is 9.92. The summed E-state index contributed by atoms with van der Waals surface area (Å²) in [4.78, 5) is 16.9. The summed E-state index contributed by atoms with van der Waals surface area (Å²) in [6, 6.07) is 17.8. The van der Waals surface area contributed by atoms with E-state index in [0.29, 0.717) is 22.4 Å². The highest BCUT2D eigenvalue weighted by atomic mass is 32.2. The topological polar surface area (TPSA) is 88.5 Å². The summed E-state index contributed by atoms with van der Waals surface area (Å²) in [5.74, 6) is 0.405. The van der Waals surface area contributed by atoms with Crippen molar-refractivity contribution in [2.24, 2.45) is 0 Å². The summed E-state index contributed by atoms with van der Waals surface area (Å²) in [6.45, 7) is 6.22. The molecular formula is C23H23FN6OS. The molecule has 4 rings (SSSR count). The maximum Gasteiger partial charge on any atom is 0.236 e. The first-order valence-electron chi connectivity index (χ1n) is 10.1. The Bertz CT molecular complexity index is 1230. The van der Waals surface area contributed by atoms with E-state index < -0.39 is 0 Å². The highest BCUT2D eigenvalue weighted by Crippen LogP contribution is 2.27. The second-order valence-electron chi connectivity index (χ2n) is 8.20. The molecule has 0 aliphatic carbocycles. The lowest BCUT2D eigenvalue weighted by molar-refractivity contribution is -0.113. The summed E-state index contributed by atoms with van der Waals surface area (Å²) in [6.07, 6.45) is 0. The zero-order valence-corrected chi connectivity index (χ0v) is 18.8. The number of para-hydroxylation sites is 1. The molecule has 9 heteroatoms. The van der Waals surface area contributed by atoms with Crippen LogP contribution in [0.25, 0.3) is 17.1 Å². The van der Waals surface area contributed by atoms with Crippen LogP contribution in [0.1, 0.15) is 26.5 Å². The normalized spacial score (nSPS) is 11.5. The molecule has 2 heterocycles. The molecule has 0 bridgehead atoms. The van der Waals surface area contributed by atoms with E-state index in [0.717, 1.165) is 11.4 Å². The van der Waals surface area contributed by atoms with Gasteiger partial charge in [-0.1, -0.05) is 62.9 Å². The minimum Gasteiger partial charge on any atom is -0.310 e. The quantitative estimate of drug-likeness (QED) is 0.411. The molecular weight excluding hydrogens is 427 g/mol. The molecule has 1 amide bonds. The Labute approximate surface area is 189 Å². The third-order valence-corrected chi connectivity index (χ3v) is 5.52. The zero-order chi connectivity index (χ0) is 22.7. The Morgan fingerprint density at radius 1 is 1.12 bits per heavy atom. The lowest BCUT2D eigenvalue weighted by Gasteiger charge is -2.14. The summed E-state index contributed by atoms with van der Waals surface area (Å²) in [5.41, 5.74) is 1.89. The predicted octanol–water partition coefficient (Wildman–Crippen LogP) is 4.82. The van der Waals surface area contributed by atoms with Crippen molar-refractivity contribution in [3.05, 3.63) is 72.2 Å². The molecule has 2 aromatic carbocycles. The van der Waals surface area contributed by atoms with E-state index in [9.17, 15) is 9.18 Å². The SMILES string of the molecule is CC(C)(C)c1cc(NC(=O)CSc2n[nH]c(-c3ccccc3F)n2)n(-c2ccccc2)n1. The number of halogens is 1. The minimum atomic E-state index is -0.387. The molecule has 0 spiro atoms. The second kappa shape index (κ2) is 8.96. The van der Waals surface area contributed by atoms with Crippen LogP contribution in [0.3, 0.4) is 0 Å². The van der Waals surface area contributed by atoms with Gasteiger partial charge in [-0.2, -0.15) is 5.10 Å². The zero-order valence-electron chi connectivity index (χ0n) is 18.0. The van der Waals surface area contributed by atoms with Gasteiger partial charge in [-0.25, -0.2) is 14.1 Å². The Kier molecular flexibility index (Phi) is 6.09. The fourth-order valence-corrected chi connectivity index (χ4v) is 3.59. The average molecular weight is 451 g/mol. The predicted molar refractivity (Wildman–Crippen MR) is 123 cm³/mol. The molecule has 7 nitrogen and oxygen atoms in total. The van der Waals surface area contributed by atoms with E-state index in [1.54, 1.807) is 22.9 Å². The first kappa shape index (κ1) is 21.8. The van der Waals surface area contributed by atoms with Crippen molar-refractivity contribution >= 4 is 23.5 Å². The van der Waals surface area contributed by atoms with Gasteiger partial charge in [0.25, 0.3) is 0 Å². The molecule has 0 atom stereocenters. The Morgan fingerprint density at radius 2 is 1.84 bits per heavy atom. The third kappa shape index (κ3) is 4.88. The van der Waals surface area contributed by atoms with Crippen LogP contribution in [0.5, 0.6) is 0 Å². The van der Waals surface area contributed by atoms with Gasteiger partial charge in [-0.3, -0.25) is 9.89 Å². The second-order valence-corrected chi connectivity index (χ2v) is 9.14. The number of hydrogen-bond acceptors (Lipinski definition) is 5. The molecule has 0 unspecified atom stereocenters. The van der Waals surface area contributed by atoms with E-state index >= 15 is 0 Å². The van der Waals surface area contributed by atoms with Crippen molar-refractivity contribution in [2.75, 3.05) is 11.1 Å². The first-order valence-corrected chi connectivity index (χ1v) is 11.1. The summed E-state index contributed by atoms with van der Waals surface area (Å²) in [7, 11) is 0. The van der Waals surface area contributed by atoms with Crippen molar-refractivity contribution in [2.45, 2.75) is 31.3 Å². The number of hydrogen-bond donors (Lipinski definition) is 2. The van der Waals surface area contributed by atoms with Crippen LogP contribution in [0.2, 0.25) is 0 Å². The fourth-order valence-electron chi connectivity index (χ4n) is 3.00. The van der Waals surface area contributed by atoms with Crippen molar-refractivity contribution in [3.8, 4) is 17.1 Å². The van der Waals surface area contributed by atoms with Crippen molar-refractivity contribution in [3.63, 3.8) is 0 Å². The minimum absolute atomic E-state index is 0.0966. The molecule has 0 saturated heterocycles. The van der Waals surface area contributed by atoms with E-state index in [4.69, 9.17) is 5.10 Å². The number of aromatic nitrogens is 5. The molecule has 0 aliphatic rings. The summed E-state index contributed by atoms with van der Waals surface area (Å²) >= 11 is 1.17. The van der Waals surface area contributed by atoms with Crippen molar-refractivity contribution in [1.82, 2.24) is 25.0 Å². The number of thioether (sulfide) groups is 1.